The molecule has 0 radical (unpaired) electrons. The van der Waals surface area contributed by atoms with Gasteiger partial charge in [-0.05, 0) is 32.3 Å². The van der Waals surface area contributed by atoms with Crippen LogP contribution < -0.4 is 0 Å². The van der Waals surface area contributed by atoms with Crippen molar-refractivity contribution in [3.63, 3.8) is 0 Å². The summed E-state index contributed by atoms with van der Waals surface area (Å²) >= 11 is 0. The van der Waals surface area contributed by atoms with Gasteiger partial charge in [0.05, 0.1) is 30.7 Å². The Morgan fingerprint density at radius 3 is 2.43 bits per heavy atom. The molecule has 5 aliphatic rings. The lowest BCUT2D eigenvalue weighted by molar-refractivity contribution is -0.232. The van der Waals surface area contributed by atoms with Gasteiger partial charge in [-0.15, -0.1) is 0 Å². The third-order valence-electron chi connectivity index (χ3n) is 8.60. The lowest BCUT2D eigenvalue weighted by Gasteiger charge is -2.58. The number of carbonyl (C=O) groups is 3. The molecule has 0 amide bonds. The van der Waals surface area contributed by atoms with Crippen LogP contribution in [0.2, 0.25) is 0 Å². The normalized spacial score (nSPS) is 44.9. The fourth-order valence-corrected chi connectivity index (χ4v) is 6.40. The molecule has 3 aliphatic heterocycles. The van der Waals surface area contributed by atoms with Crippen molar-refractivity contribution < 1.29 is 38.1 Å². The SMILES string of the molecule is CC1=C[C@H]2O[C@@H]3C[C@H]4OC(=O)/C=C\C=C\C(=O)OC/C(C)=C/CC(=O)OC[C@@]2(CC1)[C@]4(C)[C@]31CO1. The van der Waals surface area contributed by atoms with Gasteiger partial charge in [0, 0.05) is 24.0 Å². The van der Waals surface area contributed by atoms with Gasteiger partial charge >= 0.3 is 17.9 Å². The van der Waals surface area contributed by atoms with E-state index in [4.69, 9.17) is 23.7 Å². The van der Waals surface area contributed by atoms with Crippen LogP contribution in [-0.2, 0) is 38.1 Å². The lowest BCUT2D eigenvalue weighted by atomic mass is 9.51. The Kier molecular flexibility index (Phi) is 6.00. The molecule has 2 saturated heterocycles. The molecule has 1 saturated carbocycles. The van der Waals surface area contributed by atoms with Crippen LogP contribution in [0.3, 0.4) is 0 Å². The molecule has 2 aliphatic carbocycles. The molecule has 3 heterocycles. The smallest absolute Gasteiger partial charge is 0.331 e. The number of rotatable bonds is 0. The summed E-state index contributed by atoms with van der Waals surface area (Å²) in [5.74, 6) is -1.43. The maximum atomic E-state index is 12.8. The molecule has 8 heteroatoms. The Balaban J connectivity index is 1.52. The molecule has 3 fully saturated rings. The van der Waals surface area contributed by atoms with Crippen molar-refractivity contribution in [1.29, 1.82) is 0 Å². The fraction of sp³-hybridized carbons (Fsp3) is 0.593. The van der Waals surface area contributed by atoms with E-state index in [0.29, 0.717) is 13.0 Å². The Morgan fingerprint density at radius 1 is 0.943 bits per heavy atom. The second-order valence-corrected chi connectivity index (χ2v) is 10.5. The van der Waals surface area contributed by atoms with Crippen LogP contribution in [0.5, 0.6) is 0 Å². The monoisotopic (exact) mass is 484 g/mol. The Morgan fingerprint density at radius 2 is 1.69 bits per heavy atom. The van der Waals surface area contributed by atoms with Crippen molar-refractivity contribution in [1.82, 2.24) is 0 Å². The van der Waals surface area contributed by atoms with Crippen molar-refractivity contribution in [2.45, 2.75) is 70.4 Å². The number of epoxide rings is 1. The zero-order valence-electron chi connectivity index (χ0n) is 20.4. The molecule has 0 aromatic carbocycles. The highest BCUT2D eigenvalue weighted by atomic mass is 16.6. The van der Waals surface area contributed by atoms with E-state index in [1.807, 2.05) is 0 Å². The largest absolute Gasteiger partial charge is 0.465 e. The van der Waals surface area contributed by atoms with Crippen molar-refractivity contribution >= 4 is 17.9 Å². The zero-order chi connectivity index (χ0) is 24.8. The summed E-state index contributed by atoms with van der Waals surface area (Å²) < 4.78 is 29.7. The number of ether oxygens (including phenoxy) is 5. The predicted octanol–water partition coefficient (Wildman–Crippen LogP) is 3.12. The number of allylic oxidation sites excluding steroid dienone is 3. The Labute approximate surface area is 204 Å². The molecule has 188 valence electrons. The summed E-state index contributed by atoms with van der Waals surface area (Å²) in [4.78, 5) is 37.4. The lowest BCUT2D eigenvalue weighted by Crippen LogP contribution is -2.66. The van der Waals surface area contributed by atoms with Crippen LogP contribution in [0.15, 0.2) is 47.6 Å². The second kappa shape index (κ2) is 8.75. The first kappa shape index (κ1) is 24.0. The summed E-state index contributed by atoms with van der Waals surface area (Å²) in [7, 11) is 0. The van der Waals surface area contributed by atoms with Gasteiger partial charge in [0.15, 0.2) is 0 Å². The average molecular weight is 485 g/mol. The van der Waals surface area contributed by atoms with E-state index >= 15 is 0 Å². The van der Waals surface area contributed by atoms with Gasteiger partial charge in [0.2, 0.25) is 0 Å². The molecule has 8 nitrogen and oxygen atoms in total. The second-order valence-electron chi connectivity index (χ2n) is 10.5. The first-order valence-corrected chi connectivity index (χ1v) is 12.2. The van der Waals surface area contributed by atoms with Crippen LogP contribution in [0.4, 0.5) is 0 Å². The molecule has 35 heavy (non-hydrogen) atoms. The summed E-state index contributed by atoms with van der Waals surface area (Å²) in [5.41, 5.74) is 0.211. The average Bonchev–Trinajstić information content (AvgIpc) is 3.60. The Hall–Kier alpha value is -2.71. The molecule has 0 aromatic rings. The van der Waals surface area contributed by atoms with E-state index in [1.165, 1.54) is 29.9 Å². The van der Waals surface area contributed by atoms with Crippen molar-refractivity contribution in [3.8, 4) is 0 Å². The van der Waals surface area contributed by atoms with Gasteiger partial charge in [-0.1, -0.05) is 36.8 Å². The van der Waals surface area contributed by atoms with E-state index in [9.17, 15) is 14.4 Å². The van der Waals surface area contributed by atoms with Gasteiger partial charge in [0.25, 0.3) is 0 Å². The summed E-state index contributed by atoms with van der Waals surface area (Å²) in [6, 6.07) is 0. The van der Waals surface area contributed by atoms with E-state index < -0.39 is 34.5 Å². The maximum absolute atomic E-state index is 12.8. The topological polar surface area (TPSA) is 101 Å². The van der Waals surface area contributed by atoms with E-state index in [1.54, 1.807) is 13.0 Å². The standard InChI is InChI=1S/C27H32O8/c1-17-10-11-26-15-32-23(29)9-8-18(2)14-31-22(28)6-4-5-7-24(30)35-19-13-21(34-20(26)12-17)27(16-33-27)25(19,26)3/h4-8,12,19-21H,9-11,13-16H2,1-3H3/b6-4+,7-5-,18-8+/t19-,20-,21-,25-,26-,27+/m1/s1. The first-order valence-electron chi connectivity index (χ1n) is 12.2. The highest BCUT2D eigenvalue weighted by molar-refractivity contribution is 5.84. The third-order valence-corrected chi connectivity index (χ3v) is 8.60. The highest BCUT2D eigenvalue weighted by Crippen LogP contribution is 2.72. The van der Waals surface area contributed by atoms with Crippen LogP contribution in [-0.4, -0.2) is 61.6 Å². The number of hydrogen-bond donors (Lipinski definition) is 0. The van der Waals surface area contributed by atoms with Crippen LogP contribution in [0, 0.1) is 10.8 Å². The summed E-state index contributed by atoms with van der Waals surface area (Å²) in [5, 5.41) is 0. The van der Waals surface area contributed by atoms with Crippen LogP contribution >= 0.6 is 0 Å². The number of carbonyl (C=O) groups excluding carboxylic acids is 3. The first-order chi connectivity index (χ1) is 16.7. The van der Waals surface area contributed by atoms with Crippen molar-refractivity contribution in [2.24, 2.45) is 10.8 Å². The molecular weight excluding hydrogens is 452 g/mol. The molecule has 0 N–H and O–H groups in total. The quantitative estimate of drug-likeness (QED) is 0.224. The minimum absolute atomic E-state index is 0.0626. The highest BCUT2D eigenvalue weighted by Gasteiger charge is 2.83. The molecule has 0 aromatic heterocycles. The van der Waals surface area contributed by atoms with Crippen molar-refractivity contribution in [2.75, 3.05) is 19.8 Å². The molecule has 2 spiro atoms. The number of hydrogen-bond acceptors (Lipinski definition) is 8. The van der Waals surface area contributed by atoms with Gasteiger partial charge in [0.1, 0.15) is 24.9 Å². The molecule has 5 rings (SSSR count). The maximum Gasteiger partial charge on any atom is 0.331 e. The van der Waals surface area contributed by atoms with Gasteiger partial charge < -0.3 is 23.7 Å². The predicted molar refractivity (Wildman–Crippen MR) is 124 cm³/mol. The Bertz CT molecular complexity index is 1050. The minimum atomic E-state index is -0.606. The fourth-order valence-electron chi connectivity index (χ4n) is 6.40. The van der Waals surface area contributed by atoms with E-state index in [-0.39, 0.29) is 37.8 Å². The van der Waals surface area contributed by atoms with Crippen LogP contribution in [0.25, 0.3) is 0 Å². The zero-order valence-corrected chi connectivity index (χ0v) is 20.4. The van der Waals surface area contributed by atoms with Gasteiger partial charge in [-0.2, -0.15) is 0 Å². The molecule has 2 bridgehead atoms. The van der Waals surface area contributed by atoms with E-state index in [2.05, 4.69) is 19.9 Å². The van der Waals surface area contributed by atoms with Crippen molar-refractivity contribution in [3.05, 3.63) is 47.6 Å². The van der Waals surface area contributed by atoms with E-state index in [0.717, 1.165) is 18.4 Å². The minimum Gasteiger partial charge on any atom is -0.465 e. The third kappa shape index (κ3) is 3.87. The summed E-state index contributed by atoms with van der Waals surface area (Å²) in [6.07, 6.45) is 10.5. The molecule has 6 atom stereocenters. The van der Waals surface area contributed by atoms with Gasteiger partial charge in [-0.3, -0.25) is 4.79 Å². The van der Waals surface area contributed by atoms with Gasteiger partial charge in [-0.25, -0.2) is 9.59 Å². The number of esters is 3. The molecule has 0 unspecified atom stereocenters. The summed E-state index contributed by atoms with van der Waals surface area (Å²) in [6.45, 7) is 6.71. The van der Waals surface area contributed by atoms with Crippen LogP contribution in [0.1, 0.15) is 46.5 Å². The molecular formula is C27H32O8. The number of cyclic esters (lactones) is 2.